The summed E-state index contributed by atoms with van der Waals surface area (Å²) in [6, 6.07) is 6.79. The number of rotatable bonds is 6. The molecule has 0 atom stereocenters. The molecule has 0 bridgehead atoms. The van der Waals surface area contributed by atoms with E-state index < -0.39 is 0 Å². The molecule has 0 saturated carbocycles. The molecule has 78 valence electrons. The molecule has 3 nitrogen and oxygen atoms in total. The first-order chi connectivity index (χ1) is 6.83. The predicted octanol–water partition coefficient (Wildman–Crippen LogP) is 2.20. The first-order valence-corrected chi connectivity index (χ1v) is 4.82. The largest absolute Gasteiger partial charge is 0.508 e. The Morgan fingerprint density at radius 2 is 2.14 bits per heavy atom. The lowest BCUT2D eigenvalue weighted by Gasteiger charge is -2.06. The van der Waals surface area contributed by atoms with E-state index in [0.29, 0.717) is 12.4 Å². The lowest BCUT2D eigenvalue weighted by atomic mass is 10.3. The molecular weight excluding hydrogens is 180 g/mol. The Hall–Kier alpha value is -1.22. The molecule has 0 unspecified atom stereocenters. The van der Waals surface area contributed by atoms with Gasteiger partial charge in [0.2, 0.25) is 0 Å². The SMILES string of the molecule is CCOCCCOc1cccc(O)c1. The molecule has 1 N–H and O–H groups in total. The van der Waals surface area contributed by atoms with Crippen molar-refractivity contribution in [3.63, 3.8) is 0 Å². The molecule has 0 fully saturated rings. The van der Waals surface area contributed by atoms with Crippen LogP contribution in [-0.2, 0) is 4.74 Å². The van der Waals surface area contributed by atoms with Gasteiger partial charge < -0.3 is 14.6 Å². The normalized spacial score (nSPS) is 10.1. The highest BCUT2D eigenvalue weighted by Gasteiger charge is 1.94. The van der Waals surface area contributed by atoms with Gasteiger partial charge in [-0.3, -0.25) is 0 Å². The van der Waals surface area contributed by atoms with Crippen LogP contribution in [0.5, 0.6) is 11.5 Å². The Morgan fingerprint density at radius 3 is 2.86 bits per heavy atom. The van der Waals surface area contributed by atoms with Crippen LogP contribution in [0, 0.1) is 0 Å². The van der Waals surface area contributed by atoms with E-state index in [9.17, 15) is 0 Å². The zero-order valence-electron chi connectivity index (χ0n) is 8.40. The summed E-state index contributed by atoms with van der Waals surface area (Å²) in [5.74, 6) is 0.925. The van der Waals surface area contributed by atoms with Crippen LogP contribution in [0.25, 0.3) is 0 Å². The Kier molecular flexibility index (Phi) is 4.86. The van der Waals surface area contributed by atoms with Gasteiger partial charge in [0, 0.05) is 25.7 Å². The van der Waals surface area contributed by atoms with Gasteiger partial charge in [-0.2, -0.15) is 0 Å². The second-order valence-corrected chi connectivity index (χ2v) is 2.90. The van der Waals surface area contributed by atoms with E-state index in [1.807, 2.05) is 13.0 Å². The molecule has 0 saturated heterocycles. The van der Waals surface area contributed by atoms with Gasteiger partial charge in [0.25, 0.3) is 0 Å². The average molecular weight is 196 g/mol. The van der Waals surface area contributed by atoms with Crippen molar-refractivity contribution in [1.29, 1.82) is 0 Å². The molecule has 1 rings (SSSR count). The second-order valence-electron chi connectivity index (χ2n) is 2.90. The van der Waals surface area contributed by atoms with Crippen LogP contribution in [0.4, 0.5) is 0 Å². The molecule has 3 heteroatoms. The minimum atomic E-state index is 0.229. The molecule has 14 heavy (non-hydrogen) atoms. The molecule has 1 aromatic carbocycles. The molecule has 0 aliphatic heterocycles. The summed E-state index contributed by atoms with van der Waals surface area (Å²) in [4.78, 5) is 0. The van der Waals surface area contributed by atoms with Gasteiger partial charge in [-0.25, -0.2) is 0 Å². The first-order valence-electron chi connectivity index (χ1n) is 4.82. The molecule has 0 aromatic heterocycles. The van der Waals surface area contributed by atoms with E-state index in [2.05, 4.69) is 0 Å². The van der Waals surface area contributed by atoms with E-state index >= 15 is 0 Å². The second kappa shape index (κ2) is 6.27. The third-order valence-electron chi connectivity index (χ3n) is 1.72. The lowest BCUT2D eigenvalue weighted by molar-refractivity contribution is 0.131. The summed E-state index contributed by atoms with van der Waals surface area (Å²) >= 11 is 0. The van der Waals surface area contributed by atoms with Crippen LogP contribution in [0.1, 0.15) is 13.3 Å². The summed E-state index contributed by atoms with van der Waals surface area (Å²) in [6.45, 7) is 4.04. The first kappa shape index (κ1) is 10.9. The van der Waals surface area contributed by atoms with Crippen LogP contribution in [0.2, 0.25) is 0 Å². The smallest absolute Gasteiger partial charge is 0.122 e. The lowest BCUT2D eigenvalue weighted by Crippen LogP contribution is -2.02. The molecule has 0 aliphatic rings. The summed E-state index contributed by atoms with van der Waals surface area (Å²) in [7, 11) is 0. The van der Waals surface area contributed by atoms with E-state index in [1.54, 1.807) is 18.2 Å². The maximum absolute atomic E-state index is 9.15. The van der Waals surface area contributed by atoms with E-state index in [1.165, 1.54) is 0 Å². The zero-order chi connectivity index (χ0) is 10.2. The average Bonchev–Trinajstić information content (AvgIpc) is 2.18. The number of phenolic OH excluding ortho intramolecular Hbond substituents is 1. The van der Waals surface area contributed by atoms with Crippen LogP contribution < -0.4 is 4.74 Å². The summed E-state index contributed by atoms with van der Waals surface area (Å²) in [5.41, 5.74) is 0. The molecule has 0 aliphatic carbocycles. The number of hydrogen-bond acceptors (Lipinski definition) is 3. The van der Waals surface area contributed by atoms with Gasteiger partial charge in [-0.1, -0.05) is 6.07 Å². The van der Waals surface area contributed by atoms with Crippen molar-refractivity contribution in [1.82, 2.24) is 0 Å². The number of ether oxygens (including phenoxy) is 2. The van der Waals surface area contributed by atoms with Crippen LogP contribution >= 0.6 is 0 Å². The maximum Gasteiger partial charge on any atom is 0.122 e. The summed E-state index contributed by atoms with van der Waals surface area (Å²) < 4.78 is 10.6. The predicted molar refractivity (Wildman–Crippen MR) is 54.7 cm³/mol. The minimum Gasteiger partial charge on any atom is -0.508 e. The van der Waals surface area contributed by atoms with Crippen molar-refractivity contribution in [2.75, 3.05) is 19.8 Å². The van der Waals surface area contributed by atoms with Crippen molar-refractivity contribution in [2.24, 2.45) is 0 Å². The summed E-state index contributed by atoms with van der Waals surface area (Å²) in [5, 5.41) is 9.15. The maximum atomic E-state index is 9.15. The van der Waals surface area contributed by atoms with Gasteiger partial charge in [-0.05, 0) is 19.1 Å². The van der Waals surface area contributed by atoms with Crippen LogP contribution in [0.15, 0.2) is 24.3 Å². The van der Waals surface area contributed by atoms with Gasteiger partial charge >= 0.3 is 0 Å². The third kappa shape index (κ3) is 4.14. The van der Waals surface area contributed by atoms with Crippen molar-refractivity contribution in [3.05, 3.63) is 24.3 Å². The standard InChI is InChI=1S/C11H16O3/c1-2-13-7-4-8-14-11-6-3-5-10(12)9-11/h3,5-6,9,12H,2,4,7-8H2,1H3. The van der Waals surface area contributed by atoms with E-state index in [0.717, 1.165) is 19.6 Å². The highest BCUT2D eigenvalue weighted by atomic mass is 16.5. The minimum absolute atomic E-state index is 0.229. The fourth-order valence-electron chi connectivity index (χ4n) is 1.07. The highest BCUT2D eigenvalue weighted by Crippen LogP contribution is 2.17. The van der Waals surface area contributed by atoms with E-state index in [4.69, 9.17) is 14.6 Å². The fraction of sp³-hybridized carbons (Fsp3) is 0.455. The van der Waals surface area contributed by atoms with Gasteiger partial charge in [0.1, 0.15) is 11.5 Å². The Balaban J connectivity index is 2.18. The number of benzene rings is 1. The third-order valence-corrected chi connectivity index (χ3v) is 1.72. The molecule has 0 spiro atoms. The van der Waals surface area contributed by atoms with Crippen molar-refractivity contribution in [2.45, 2.75) is 13.3 Å². The monoisotopic (exact) mass is 196 g/mol. The summed E-state index contributed by atoms with van der Waals surface area (Å²) in [6.07, 6.45) is 0.865. The van der Waals surface area contributed by atoms with Crippen molar-refractivity contribution >= 4 is 0 Å². The Morgan fingerprint density at radius 1 is 1.29 bits per heavy atom. The van der Waals surface area contributed by atoms with Crippen molar-refractivity contribution in [3.8, 4) is 11.5 Å². The highest BCUT2D eigenvalue weighted by molar-refractivity contribution is 5.31. The van der Waals surface area contributed by atoms with Gasteiger partial charge in [-0.15, -0.1) is 0 Å². The number of aromatic hydroxyl groups is 1. The van der Waals surface area contributed by atoms with Crippen LogP contribution in [0.3, 0.4) is 0 Å². The fourth-order valence-corrected chi connectivity index (χ4v) is 1.07. The molecule has 0 heterocycles. The quantitative estimate of drug-likeness (QED) is 0.709. The van der Waals surface area contributed by atoms with Gasteiger partial charge in [0.15, 0.2) is 0 Å². The zero-order valence-corrected chi connectivity index (χ0v) is 8.40. The number of hydrogen-bond donors (Lipinski definition) is 1. The van der Waals surface area contributed by atoms with Crippen molar-refractivity contribution < 1.29 is 14.6 Å². The number of phenols is 1. The molecular formula is C11H16O3. The molecule has 0 amide bonds. The topological polar surface area (TPSA) is 38.7 Å². The molecule has 1 aromatic rings. The van der Waals surface area contributed by atoms with Crippen LogP contribution in [-0.4, -0.2) is 24.9 Å². The van der Waals surface area contributed by atoms with Gasteiger partial charge in [0.05, 0.1) is 6.61 Å². The Labute approximate surface area is 84.3 Å². The molecule has 0 radical (unpaired) electrons. The Bertz CT molecular complexity index is 260. The van der Waals surface area contributed by atoms with E-state index in [-0.39, 0.29) is 5.75 Å².